The van der Waals surface area contributed by atoms with Crippen LogP contribution in [0.3, 0.4) is 0 Å². The van der Waals surface area contributed by atoms with Crippen LogP contribution in [0.25, 0.3) is 0 Å². The van der Waals surface area contributed by atoms with Gasteiger partial charge < -0.3 is 5.73 Å². The third-order valence-corrected chi connectivity index (χ3v) is 7.72. The molecular weight excluding hydrogens is 336 g/mol. The number of benzene rings is 1. The van der Waals surface area contributed by atoms with Gasteiger partial charge in [0, 0.05) is 29.1 Å². The lowest BCUT2D eigenvalue weighted by molar-refractivity contribution is 0.581. The number of nitrogen functional groups attached to an aromatic ring is 1. The minimum Gasteiger partial charge on any atom is -0.397 e. The predicted octanol–water partition coefficient (Wildman–Crippen LogP) is 2.36. The number of nitrogens with one attached hydrogen (secondary N) is 1. The number of aryl methyl sites for hydroxylation is 1. The molecule has 1 aromatic carbocycles. The molecule has 1 saturated heterocycles. The van der Waals surface area contributed by atoms with Crippen molar-refractivity contribution >= 4 is 50.8 Å². The Morgan fingerprint density at radius 1 is 1.45 bits per heavy atom. The number of halogens is 1. The van der Waals surface area contributed by atoms with Crippen molar-refractivity contribution in [1.29, 1.82) is 0 Å². The average molecular weight is 353 g/mol. The van der Waals surface area contributed by atoms with Gasteiger partial charge in [-0.25, -0.2) is 13.1 Å². The van der Waals surface area contributed by atoms with Gasteiger partial charge in [0.1, 0.15) is 0 Å². The van der Waals surface area contributed by atoms with Gasteiger partial charge in [0.25, 0.3) is 0 Å². The summed E-state index contributed by atoms with van der Waals surface area (Å²) in [6.45, 7) is 2.19. The molecule has 0 bridgehead atoms. The van der Waals surface area contributed by atoms with E-state index in [1.54, 1.807) is 13.0 Å². The lowest BCUT2D eigenvalue weighted by atomic mass is 10.2. The van der Waals surface area contributed by atoms with E-state index in [4.69, 9.17) is 17.3 Å². The number of thioether (sulfide) groups is 2. The third kappa shape index (κ3) is 3.98. The number of hydrogen-bond donors (Lipinski definition) is 2. The summed E-state index contributed by atoms with van der Waals surface area (Å²) in [5.41, 5.74) is 6.67. The second-order valence-electron chi connectivity index (χ2n) is 4.56. The Labute approximate surface area is 133 Å². The van der Waals surface area contributed by atoms with Crippen molar-refractivity contribution in [2.75, 3.05) is 29.5 Å². The van der Waals surface area contributed by atoms with E-state index in [9.17, 15) is 8.42 Å². The smallest absolute Gasteiger partial charge is 0.240 e. The highest BCUT2D eigenvalue weighted by Crippen LogP contribution is 2.27. The maximum atomic E-state index is 12.3. The van der Waals surface area contributed by atoms with Crippen LogP contribution in [-0.2, 0) is 10.0 Å². The summed E-state index contributed by atoms with van der Waals surface area (Å²) in [6, 6.07) is 2.95. The Bertz CT molecular complexity index is 563. The van der Waals surface area contributed by atoms with Crippen LogP contribution >= 0.6 is 35.1 Å². The van der Waals surface area contributed by atoms with E-state index in [0.29, 0.717) is 22.4 Å². The minimum absolute atomic E-state index is 0.172. The molecular formula is C12H17ClN2O2S3. The fourth-order valence-electron chi connectivity index (χ4n) is 1.86. The topological polar surface area (TPSA) is 72.2 Å². The van der Waals surface area contributed by atoms with Crippen molar-refractivity contribution < 1.29 is 8.42 Å². The molecule has 0 amide bonds. The molecule has 112 valence electrons. The van der Waals surface area contributed by atoms with Crippen LogP contribution in [0.1, 0.15) is 5.56 Å². The van der Waals surface area contributed by atoms with Gasteiger partial charge in [-0.2, -0.15) is 23.5 Å². The van der Waals surface area contributed by atoms with Crippen molar-refractivity contribution in [1.82, 2.24) is 4.72 Å². The van der Waals surface area contributed by atoms with Gasteiger partial charge in [0.2, 0.25) is 10.0 Å². The SMILES string of the molecule is Cc1cc(S(=O)(=O)NCC2CSCCS2)cc(N)c1Cl. The predicted molar refractivity (Wildman–Crippen MR) is 89.4 cm³/mol. The van der Waals surface area contributed by atoms with E-state index in [1.807, 2.05) is 23.5 Å². The lowest BCUT2D eigenvalue weighted by Gasteiger charge is -2.21. The molecule has 1 fully saturated rings. The first-order chi connectivity index (χ1) is 9.40. The van der Waals surface area contributed by atoms with E-state index in [0.717, 1.165) is 17.3 Å². The molecule has 0 aromatic heterocycles. The molecule has 3 N–H and O–H groups in total. The number of hydrogen-bond acceptors (Lipinski definition) is 5. The Morgan fingerprint density at radius 3 is 2.80 bits per heavy atom. The maximum absolute atomic E-state index is 12.3. The Balaban J connectivity index is 2.10. The summed E-state index contributed by atoms with van der Waals surface area (Å²) in [6.07, 6.45) is 0. The van der Waals surface area contributed by atoms with Gasteiger partial charge in [-0.15, -0.1) is 0 Å². The van der Waals surface area contributed by atoms with E-state index >= 15 is 0 Å². The molecule has 1 aliphatic heterocycles. The number of nitrogens with two attached hydrogens (primary N) is 1. The highest BCUT2D eigenvalue weighted by molar-refractivity contribution is 8.06. The molecule has 1 aromatic rings. The van der Waals surface area contributed by atoms with E-state index < -0.39 is 10.0 Å². The summed E-state index contributed by atoms with van der Waals surface area (Å²) in [7, 11) is -3.53. The van der Waals surface area contributed by atoms with Crippen LogP contribution < -0.4 is 10.5 Å². The first kappa shape index (κ1) is 16.3. The highest BCUT2D eigenvalue weighted by Gasteiger charge is 2.20. The summed E-state index contributed by atoms with van der Waals surface area (Å²) >= 11 is 9.63. The zero-order chi connectivity index (χ0) is 14.8. The monoisotopic (exact) mass is 352 g/mol. The largest absolute Gasteiger partial charge is 0.397 e. The standard InChI is InChI=1S/C12H17ClN2O2S3/c1-8-4-10(5-11(14)12(8)13)20(16,17)15-6-9-7-18-2-3-19-9/h4-5,9,15H,2-3,6-7,14H2,1H3. The summed E-state index contributed by atoms with van der Waals surface area (Å²) in [4.78, 5) is 0.172. The summed E-state index contributed by atoms with van der Waals surface area (Å²) in [5, 5.41) is 0.734. The van der Waals surface area contributed by atoms with Crippen LogP contribution in [0.15, 0.2) is 17.0 Å². The Hall–Kier alpha value is -0.0800. The molecule has 0 spiro atoms. The molecule has 4 nitrogen and oxygen atoms in total. The van der Waals surface area contributed by atoms with Crippen molar-refractivity contribution in [3.05, 3.63) is 22.7 Å². The van der Waals surface area contributed by atoms with Crippen molar-refractivity contribution in [2.24, 2.45) is 0 Å². The van der Waals surface area contributed by atoms with E-state index in [1.165, 1.54) is 6.07 Å². The molecule has 0 aliphatic carbocycles. The van der Waals surface area contributed by atoms with Gasteiger partial charge in [0.05, 0.1) is 15.6 Å². The first-order valence-electron chi connectivity index (χ1n) is 6.15. The second kappa shape index (κ2) is 6.79. The third-order valence-electron chi connectivity index (χ3n) is 2.95. The second-order valence-corrected chi connectivity index (χ2v) is 9.27. The molecule has 1 atom stereocenters. The molecule has 1 aliphatic rings. The van der Waals surface area contributed by atoms with Gasteiger partial charge in [0.15, 0.2) is 0 Å². The van der Waals surface area contributed by atoms with Crippen LogP contribution in [0.5, 0.6) is 0 Å². The van der Waals surface area contributed by atoms with Gasteiger partial charge in [-0.1, -0.05) is 11.6 Å². The minimum atomic E-state index is -3.53. The van der Waals surface area contributed by atoms with Crippen LogP contribution in [0.2, 0.25) is 5.02 Å². The maximum Gasteiger partial charge on any atom is 0.240 e. The Kier molecular flexibility index (Phi) is 5.53. The molecule has 1 unspecified atom stereocenters. The summed E-state index contributed by atoms with van der Waals surface area (Å²) in [5.74, 6) is 3.19. The van der Waals surface area contributed by atoms with Crippen molar-refractivity contribution in [3.63, 3.8) is 0 Å². The number of anilines is 1. The lowest BCUT2D eigenvalue weighted by Crippen LogP contribution is -2.33. The average Bonchev–Trinajstić information content (AvgIpc) is 2.43. The fourth-order valence-corrected chi connectivity index (χ4v) is 5.89. The number of rotatable bonds is 4. The van der Waals surface area contributed by atoms with Crippen LogP contribution in [-0.4, -0.2) is 37.5 Å². The highest BCUT2D eigenvalue weighted by atomic mass is 35.5. The molecule has 20 heavy (non-hydrogen) atoms. The Morgan fingerprint density at radius 2 is 2.20 bits per heavy atom. The van der Waals surface area contributed by atoms with Gasteiger partial charge >= 0.3 is 0 Å². The fraction of sp³-hybridized carbons (Fsp3) is 0.500. The zero-order valence-electron chi connectivity index (χ0n) is 11.1. The van der Waals surface area contributed by atoms with Gasteiger partial charge in [-0.05, 0) is 24.6 Å². The van der Waals surface area contributed by atoms with E-state index in [2.05, 4.69) is 4.72 Å². The van der Waals surface area contributed by atoms with Crippen molar-refractivity contribution in [3.8, 4) is 0 Å². The molecule has 8 heteroatoms. The van der Waals surface area contributed by atoms with Crippen LogP contribution in [0, 0.1) is 6.92 Å². The zero-order valence-corrected chi connectivity index (χ0v) is 14.3. The van der Waals surface area contributed by atoms with E-state index in [-0.39, 0.29) is 10.6 Å². The quantitative estimate of drug-likeness (QED) is 0.814. The first-order valence-corrected chi connectivity index (χ1v) is 10.2. The molecule has 0 radical (unpaired) electrons. The number of sulfonamides is 1. The molecule has 2 rings (SSSR count). The van der Waals surface area contributed by atoms with Crippen LogP contribution in [0.4, 0.5) is 5.69 Å². The molecule has 1 heterocycles. The molecule has 0 saturated carbocycles. The summed E-state index contributed by atoms with van der Waals surface area (Å²) < 4.78 is 27.2. The van der Waals surface area contributed by atoms with Gasteiger partial charge in [-0.3, -0.25) is 0 Å². The normalized spacial score (nSPS) is 20.0. The van der Waals surface area contributed by atoms with Crippen molar-refractivity contribution in [2.45, 2.75) is 17.1 Å².